The van der Waals surface area contributed by atoms with Gasteiger partial charge in [-0.05, 0) is 40.3 Å². The molecule has 3 nitrogen and oxygen atoms in total. The smallest absolute Gasteiger partial charge is 0.0678 e. The van der Waals surface area contributed by atoms with Crippen LogP contribution in [0, 0.1) is 6.92 Å². The molecule has 3 heteroatoms. The highest BCUT2D eigenvalue weighted by atomic mass is 16.5. The van der Waals surface area contributed by atoms with E-state index in [1.807, 2.05) is 7.05 Å². The van der Waals surface area contributed by atoms with Gasteiger partial charge in [0.25, 0.3) is 0 Å². The van der Waals surface area contributed by atoms with E-state index in [4.69, 9.17) is 4.74 Å². The third-order valence-corrected chi connectivity index (χ3v) is 4.25. The molecule has 1 aromatic carbocycles. The number of nitrogens with one attached hydrogen (secondary N) is 1. The quantitative estimate of drug-likeness (QED) is 0.915. The molecule has 1 aromatic rings. The van der Waals surface area contributed by atoms with Gasteiger partial charge in [0.1, 0.15) is 0 Å². The van der Waals surface area contributed by atoms with Gasteiger partial charge in [-0.25, -0.2) is 0 Å². The van der Waals surface area contributed by atoms with Crippen molar-refractivity contribution < 1.29 is 4.74 Å². The van der Waals surface area contributed by atoms with Crippen LogP contribution in [0.5, 0.6) is 0 Å². The Hall–Kier alpha value is -0.900. The van der Waals surface area contributed by atoms with Gasteiger partial charge in [0.05, 0.1) is 12.2 Å². The van der Waals surface area contributed by atoms with Crippen molar-refractivity contribution in [3.63, 3.8) is 0 Å². The van der Waals surface area contributed by atoms with E-state index in [1.54, 1.807) is 0 Å². The Balaban J connectivity index is 2.12. The molecule has 0 aromatic heterocycles. The van der Waals surface area contributed by atoms with E-state index in [2.05, 4.69) is 62.2 Å². The normalized spacial score (nSPS) is 27.2. The van der Waals surface area contributed by atoms with Crippen LogP contribution in [-0.2, 0) is 4.74 Å². The second-order valence-corrected chi connectivity index (χ2v) is 6.13. The molecule has 0 bridgehead atoms. The third kappa shape index (κ3) is 3.60. The van der Waals surface area contributed by atoms with Crippen LogP contribution in [0.2, 0.25) is 0 Å². The van der Waals surface area contributed by atoms with E-state index in [-0.39, 0.29) is 0 Å². The fraction of sp³-hybridized carbons (Fsp3) is 0.647. The average Bonchev–Trinajstić information content (AvgIpc) is 2.40. The van der Waals surface area contributed by atoms with E-state index in [0.717, 1.165) is 13.1 Å². The van der Waals surface area contributed by atoms with Crippen LogP contribution in [0.15, 0.2) is 24.3 Å². The largest absolute Gasteiger partial charge is 0.373 e. The monoisotopic (exact) mass is 276 g/mol. The fourth-order valence-corrected chi connectivity index (χ4v) is 3.22. The van der Waals surface area contributed by atoms with E-state index >= 15 is 0 Å². The number of benzene rings is 1. The molecule has 1 heterocycles. The number of rotatable bonds is 4. The summed E-state index contributed by atoms with van der Waals surface area (Å²) in [5, 5.41) is 3.48. The zero-order chi connectivity index (χ0) is 14.7. The van der Waals surface area contributed by atoms with Crippen LogP contribution in [0.1, 0.15) is 37.9 Å². The van der Waals surface area contributed by atoms with Crippen LogP contribution in [0.4, 0.5) is 0 Å². The number of aryl methyl sites for hydroxylation is 1. The maximum atomic E-state index is 5.84. The molecule has 20 heavy (non-hydrogen) atoms. The van der Waals surface area contributed by atoms with Crippen molar-refractivity contribution >= 4 is 0 Å². The maximum absolute atomic E-state index is 5.84. The highest BCUT2D eigenvalue weighted by Crippen LogP contribution is 2.24. The van der Waals surface area contributed by atoms with E-state index < -0.39 is 0 Å². The standard InChI is InChI=1S/C17H28N2O/c1-12-6-8-16(9-7-12)17(18-5)15(4)19-10-13(2)20-14(3)11-19/h6-9,13-15,17-18H,10-11H2,1-5H3/t13-,14+,15?,17?. The molecular formula is C17H28N2O. The Bertz CT molecular complexity index is 408. The van der Waals surface area contributed by atoms with Gasteiger partial charge in [-0.1, -0.05) is 29.8 Å². The summed E-state index contributed by atoms with van der Waals surface area (Å²) in [7, 11) is 2.05. The number of hydrogen-bond acceptors (Lipinski definition) is 3. The van der Waals surface area contributed by atoms with Crippen molar-refractivity contribution in [2.24, 2.45) is 0 Å². The van der Waals surface area contributed by atoms with Gasteiger partial charge in [-0.15, -0.1) is 0 Å². The van der Waals surface area contributed by atoms with Gasteiger partial charge in [-0.2, -0.15) is 0 Å². The Morgan fingerprint density at radius 1 is 1.15 bits per heavy atom. The number of likely N-dealkylation sites (N-methyl/N-ethyl adjacent to an activating group) is 1. The fourth-order valence-electron chi connectivity index (χ4n) is 3.22. The van der Waals surface area contributed by atoms with Crippen LogP contribution < -0.4 is 5.32 Å². The lowest BCUT2D eigenvalue weighted by atomic mass is 9.97. The van der Waals surface area contributed by atoms with Crippen molar-refractivity contribution in [1.29, 1.82) is 0 Å². The summed E-state index contributed by atoms with van der Waals surface area (Å²) < 4.78 is 5.84. The topological polar surface area (TPSA) is 24.5 Å². The molecule has 1 saturated heterocycles. The summed E-state index contributed by atoms with van der Waals surface area (Å²) in [6.07, 6.45) is 0.633. The molecule has 0 saturated carbocycles. The van der Waals surface area contributed by atoms with Crippen LogP contribution >= 0.6 is 0 Å². The van der Waals surface area contributed by atoms with Crippen LogP contribution in [0.3, 0.4) is 0 Å². The first kappa shape index (κ1) is 15.5. The molecular weight excluding hydrogens is 248 g/mol. The highest BCUT2D eigenvalue weighted by molar-refractivity contribution is 5.25. The summed E-state index contributed by atoms with van der Waals surface area (Å²) in [5.41, 5.74) is 2.67. The molecule has 0 aliphatic carbocycles. The van der Waals surface area contributed by atoms with E-state index in [9.17, 15) is 0 Å². The predicted octanol–water partition coefficient (Wildman–Crippen LogP) is 2.75. The lowest BCUT2D eigenvalue weighted by Gasteiger charge is -2.41. The molecule has 0 spiro atoms. The summed E-state index contributed by atoms with van der Waals surface area (Å²) in [5.74, 6) is 0. The Morgan fingerprint density at radius 3 is 2.20 bits per heavy atom. The predicted molar refractivity (Wildman–Crippen MR) is 84.0 cm³/mol. The molecule has 112 valence electrons. The average molecular weight is 276 g/mol. The van der Waals surface area contributed by atoms with Gasteiger partial charge in [0, 0.05) is 25.2 Å². The third-order valence-electron chi connectivity index (χ3n) is 4.25. The Kier molecular flexibility index (Phi) is 5.19. The van der Waals surface area contributed by atoms with Crippen molar-refractivity contribution in [1.82, 2.24) is 10.2 Å². The molecule has 0 amide bonds. The van der Waals surface area contributed by atoms with Gasteiger partial charge in [0.15, 0.2) is 0 Å². The maximum Gasteiger partial charge on any atom is 0.0678 e. The van der Waals surface area contributed by atoms with Gasteiger partial charge >= 0.3 is 0 Å². The number of ether oxygens (including phenoxy) is 1. The van der Waals surface area contributed by atoms with E-state index in [0.29, 0.717) is 24.3 Å². The van der Waals surface area contributed by atoms with Crippen molar-refractivity contribution in [3.05, 3.63) is 35.4 Å². The van der Waals surface area contributed by atoms with Gasteiger partial charge in [-0.3, -0.25) is 4.90 Å². The molecule has 1 fully saturated rings. The lowest BCUT2D eigenvalue weighted by molar-refractivity contribution is -0.0820. The minimum absolute atomic E-state index is 0.316. The minimum Gasteiger partial charge on any atom is -0.373 e. The first-order valence-electron chi connectivity index (χ1n) is 7.64. The molecule has 0 radical (unpaired) electrons. The molecule has 2 unspecified atom stereocenters. The van der Waals surface area contributed by atoms with Crippen molar-refractivity contribution in [2.45, 2.75) is 52.0 Å². The molecule has 1 aliphatic heterocycles. The minimum atomic E-state index is 0.316. The van der Waals surface area contributed by atoms with Gasteiger partial charge in [0.2, 0.25) is 0 Å². The SMILES string of the molecule is CNC(c1ccc(C)cc1)C(C)N1C[C@@H](C)O[C@@H](C)C1. The Labute approximate surface area is 123 Å². The number of morpholine rings is 1. The second kappa shape index (κ2) is 6.70. The summed E-state index contributed by atoms with van der Waals surface area (Å²) in [6.45, 7) is 10.8. The summed E-state index contributed by atoms with van der Waals surface area (Å²) in [6, 6.07) is 9.67. The van der Waals surface area contributed by atoms with Crippen molar-refractivity contribution in [3.8, 4) is 0 Å². The second-order valence-electron chi connectivity index (χ2n) is 6.13. The van der Waals surface area contributed by atoms with Crippen LogP contribution in [-0.4, -0.2) is 43.3 Å². The number of nitrogens with zero attached hydrogens (tertiary/aromatic N) is 1. The molecule has 1 N–H and O–H groups in total. The van der Waals surface area contributed by atoms with E-state index in [1.165, 1.54) is 11.1 Å². The molecule has 1 aliphatic rings. The summed E-state index contributed by atoms with van der Waals surface area (Å²) >= 11 is 0. The van der Waals surface area contributed by atoms with Gasteiger partial charge < -0.3 is 10.1 Å². The zero-order valence-electron chi connectivity index (χ0n) is 13.4. The summed E-state index contributed by atoms with van der Waals surface area (Å²) in [4.78, 5) is 2.54. The first-order valence-corrected chi connectivity index (χ1v) is 7.64. The molecule has 4 atom stereocenters. The van der Waals surface area contributed by atoms with Crippen molar-refractivity contribution in [2.75, 3.05) is 20.1 Å². The van der Waals surface area contributed by atoms with Crippen LogP contribution in [0.25, 0.3) is 0 Å². The zero-order valence-corrected chi connectivity index (χ0v) is 13.4. The number of hydrogen-bond donors (Lipinski definition) is 1. The lowest BCUT2D eigenvalue weighted by Crippen LogP contribution is -2.52. The first-order chi connectivity index (χ1) is 9.51. The molecule has 2 rings (SSSR count). The highest BCUT2D eigenvalue weighted by Gasteiger charge is 2.30. The Morgan fingerprint density at radius 2 is 1.70 bits per heavy atom.